The van der Waals surface area contributed by atoms with Gasteiger partial charge >= 0.3 is 0 Å². The molecule has 1 atom stereocenters. The van der Waals surface area contributed by atoms with Crippen molar-refractivity contribution in [3.63, 3.8) is 0 Å². The summed E-state index contributed by atoms with van der Waals surface area (Å²) >= 11 is 0. The standard InChI is InChI=1S/C17H20N2O4/c1-11(23-16-7-5-4-6-15(16)22-3)17(20)19-13-10-12(18)8-9-14(13)21-2/h4-11H,18H2,1-3H3,(H,19,20)/t11-/m0/s1. The highest BCUT2D eigenvalue weighted by Gasteiger charge is 2.18. The van der Waals surface area contributed by atoms with Gasteiger partial charge in [-0.25, -0.2) is 0 Å². The molecule has 2 rings (SSSR count). The number of nitrogens with one attached hydrogen (secondary N) is 1. The van der Waals surface area contributed by atoms with Gasteiger partial charge in [0, 0.05) is 5.69 Å². The summed E-state index contributed by atoms with van der Waals surface area (Å²) < 4.78 is 16.1. The number of benzene rings is 2. The molecule has 6 nitrogen and oxygen atoms in total. The second-order valence-corrected chi connectivity index (χ2v) is 4.86. The van der Waals surface area contributed by atoms with E-state index >= 15 is 0 Å². The third kappa shape index (κ3) is 4.06. The van der Waals surface area contributed by atoms with Crippen molar-refractivity contribution in [2.75, 3.05) is 25.3 Å². The monoisotopic (exact) mass is 316 g/mol. The number of carbonyl (C=O) groups excluding carboxylic acids is 1. The molecule has 0 unspecified atom stereocenters. The van der Waals surface area contributed by atoms with E-state index in [1.807, 2.05) is 12.1 Å². The van der Waals surface area contributed by atoms with Gasteiger partial charge in [-0.2, -0.15) is 0 Å². The maximum absolute atomic E-state index is 12.3. The maximum Gasteiger partial charge on any atom is 0.265 e. The number of amides is 1. The minimum atomic E-state index is -0.725. The van der Waals surface area contributed by atoms with Crippen LogP contribution in [-0.4, -0.2) is 26.2 Å². The van der Waals surface area contributed by atoms with Crippen LogP contribution in [0.2, 0.25) is 0 Å². The molecule has 122 valence electrons. The number of para-hydroxylation sites is 2. The van der Waals surface area contributed by atoms with Gasteiger partial charge in [0.15, 0.2) is 17.6 Å². The van der Waals surface area contributed by atoms with Crippen molar-refractivity contribution in [2.45, 2.75) is 13.0 Å². The van der Waals surface area contributed by atoms with Crippen LogP contribution in [-0.2, 0) is 4.79 Å². The van der Waals surface area contributed by atoms with Crippen molar-refractivity contribution >= 4 is 17.3 Å². The van der Waals surface area contributed by atoms with Crippen molar-refractivity contribution in [1.82, 2.24) is 0 Å². The molecule has 6 heteroatoms. The Bertz CT molecular complexity index is 688. The highest BCUT2D eigenvalue weighted by atomic mass is 16.5. The average Bonchev–Trinajstić information content (AvgIpc) is 2.55. The Kier molecular flexibility index (Phi) is 5.30. The summed E-state index contributed by atoms with van der Waals surface area (Å²) in [6, 6.07) is 12.2. The molecule has 0 aliphatic rings. The number of anilines is 2. The minimum Gasteiger partial charge on any atom is -0.495 e. The zero-order valence-electron chi connectivity index (χ0n) is 13.3. The number of carbonyl (C=O) groups is 1. The SMILES string of the molecule is COc1ccc(N)cc1NC(=O)[C@H](C)Oc1ccccc1OC. The van der Waals surface area contributed by atoms with Crippen molar-refractivity contribution in [3.05, 3.63) is 42.5 Å². The van der Waals surface area contributed by atoms with E-state index in [4.69, 9.17) is 19.9 Å². The first-order valence-corrected chi connectivity index (χ1v) is 7.09. The maximum atomic E-state index is 12.3. The molecule has 2 aromatic rings. The molecule has 23 heavy (non-hydrogen) atoms. The number of hydrogen-bond acceptors (Lipinski definition) is 5. The fourth-order valence-electron chi connectivity index (χ4n) is 2.02. The number of nitrogens with two attached hydrogens (primary N) is 1. The molecule has 0 aromatic heterocycles. The van der Waals surface area contributed by atoms with E-state index in [2.05, 4.69) is 5.32 Å². The summed E-state index contributed by atoms with van der Waals surface area (Å²) in [5, 5.41) is 2.75. The van der Waals surface area contributed by atoms with Gasteiger partial charge in [0.2, 0.25) is 0 Å². The van der Waals surface area contributed by atoms with Gasteiger partial charge in [-0.15, -0.1) is 0 Å². The smallest absolute Gasteiger partial charge is 0.265 e. The lowest BCUT2D eigenvalue weighted by Crippen LogP contribution is -2.30. The molecule has 3 N–H and O–H groups in total. The molecule has 0 saturated heterocycles. The molecule has 0 aliphatic carbocycles. The molecule has 0 aliphatic heterocycles. The predicted molar refractivity (Wildman–Crippen MR) is 89.1 cm³/mol. The van der Waals surface area contributed by atoms with E-state index in [1.165, 1.54) is 7.11 Å². The van der Waals surface area contributed by atoms with Crippen LogP contribution in [0.5, 0.6) is 17.2 Å². The normalized spacial score (nSPS) is 11.4. The van der Waals surface area contributed by atoms with Gasteiger partial charge in [-0.05, 0) is 37.3 Å². The molecule has 0 bridgehead atoms. The van der Waals surface area contributed by atoms with Gasteiger partial charge < -0.3 is 25.3 Å². The quantitative estimate of drug-likeness (QED) is 0.801. The van der Waals surface area contributed by atoms with Crippen LogP contribution < -0.4 is 25.3 Å². The molecular weight excluding hydrogens is 296 g/mol. The molecule has 0 saturated carbocycles. The fourth-order valence-corrected chi connectivity index (χ4v) is 2.02. The first kappa shape index (κ1) is 16.5. The van der Waals surface area contributed by atoms with Crippen LogP contribution in [0.3, 0.4) is 0 Å². The van der Waals surface area contributed by atoms with Crippen LogP contribution >= 0.6 is 0 Å². The van der Waals surface area contributed by atoms with Crippen LogP contribution in [0.15, 0.2) is 42.5 Å². The fraction of sp³-hybridized carbons (Fsp3) is 0.235. The third-order valence-corrected chi connectivity index (χ3v) is 3.22. The van der Waals surface area contributed by atoms with E-state index < -0.39 is 6.10 Å². The summed E-state index contributed by atoms with van der Waals surface area (Å²) in [5.41, 5.74) is 6.76. The van der Waals surface area contributed by atoms with Gasteiger partial charge in [-0.1, -0.05) is 12.1 Å². The van der Waals surface area contributed by atoms with Crippen molar-refractivity contribution in [2.24, 2.45) is 0 Å². The highest BCUT2D eigenvalue weighted by molar-refractivity contribution is 5.96. The molecule has 0 heterocycles. The zero-order chi connectivity index (χ0) is 16.8. The van der Waals surface area contributed by atoms with Crippen LogP contribution in [0.25, 0.3) is 0 Å². The Hall–Kier alpha value is -2.89. The summed E-state index contributed by atoms with van der Waals surface area (Å²) in [4.78, 5) is 12.3. The highest BCUT2D eigenvalue weighted by Crippen LogP contribution is 2.29. The number of ether oxygens (including phenoxy) is 3. The summed E-state index contributed by atoms with van der Waals surface area (Å²) in [6.45, 7) is 1.65. The second-order valence-electron chi connectivity index (χ2n) is 4.86. The first-order valence-electron chi connectivity index (χ1n) is 7.09. The molecular formula is C17H20N2O4. The van der Waals surface area contributed by atoms with E-state index in [0.717, 1.165) is 0 Å². The second kappa shape index (κ2) is 7.40. The number of nitrogen functional groups attached to an aromatic ring is 1. The van der Waals surface area contributed by atoms with Crippen molar-refractivity contribution in [3.8, 4) is 17.2 Å². The Balaban J connectivity index is 2.10. The third-order valence-electron chi connectivity index (χ3n) is 3.22. The Morgan fingerprint density at radius 1 is 1.04 bits per heavy atom. The molecule has 2 aromatic carbocycles. The van der Waals surface area contributed by atoms with E-state index in [-0.39, 0.29) is 5.91 Å². The Morgan fingerprint density at radius 2 is 1.70 bits per heavy atom. The zero-order valence-corrected chi connectivity index (χ0v) is 13.3. The van der Waals surface area contributed by atoms with Gasteiger partial charge in [0.05, 0.1) is 19.9 Å². The van der Waals surface area contributed by atoms with Crippen LogP contribution in [0, 0.1) is 0 Å². The number of hydrogen-bond donors (Lipinski definition) is 2. The lowest BCUT2D eigenvalue weighted by atomic mass is 10.2. The van der Waals surface area contributed by atoms with Crippen molar-refractivity contribution < 1.29 is 19.0 Å². The Labute approximate surface area is 135 Å². The Morgan fingerprint density at radius 3 is 2.35 bits per heavy atom. The van der Waals surface area contributed by atoms with Crippen LogP contribution in [0.1, 0.15) is 6.92 Å². The van der Waals surface area contributed by atoms with E-state index in [0.29, 0.717) is 28.6 Å². The summed E-state index contributed by atoms with van der Waals surface area (Å²) in [6.07, 6.45) is -0.725. The van der Waals surface area contributed by atoms with Gasteiger partial charge in [-0.3, -0.25) is 4.79 Å². The minimum absolute atomic E-state index is 0.320. The number of rotatable bonds is 6. The van der Waals surface area contributed by atoms with Crippen molar-refractivity contribution in [1.29, 1.82) is 0 Å². The molecule has 0 radical (unpaired) electrons. The summed E-state index contributed by atoms with van der Waals surface area (Å²) in [5.74, 6) is 1.27. The molecule has 0 spiro atoms. The topological polar surface area (TPSA) is 82.8 Å². The van der Waals surface area contributed by atoms with Crippen LogP contribution in [0.4, 0.5) is 11.4 Å². The summed E-state index contributed by atoms with van der Waals surface area (Å²) in [7, 11) is 3.07. The average molecular weight is 316 g/mol. The molecule has 1 amide bonds. The van der Waals surface area contributed by atoms with E-state index in [9.17, 15) is 4.79 Å². The molecule has 0 fully saturated rings. The number of methoxy groups -OCH3 is 2. The van der Waals surface area contributed by atoms with E-state index in [1.54, 1.807) is 44.4 Å². The van der Waals surface area contributed by atoms with Gasteiger partial charge in [0.1, 0.15) is 5.75 Å². The lowest BCUT2D eigenvalue weighted by molar-refractivity contribution is -0.122. The first-order chi connectivity index (χ1) is 11.0. The predicted octanol–water partition coefficient (Wildman–Crippen LogP) is 2.69. The largest absolute Gasteiger partial charge is 0.495 e. The van der Waals surface area contributed by atoms with Gasteiger partial charge in [0.25, 0.3) is 5.91 Å². The lowest BCUT2D eigenvalue weighted by Gasteiger charge is -2.17.